The highest BCUT2D eigenvalue weighted by Crippen LogP contribution is 2.21. The summed E-state index contributed by atoms with van der Waals surface area (Å²) in [5.74, 6) is 0. The second-order valence-corrected chi connectivity index (χ2v) is 8.81. The zero-order chi connectivity index (χ0) is 22.4. The largest absolute Gasteiger partial charge is 0.465 e. The Kier molecular flexibility index (Phi) is 7.13. The Labute approximate surface area is 180 Å². The third kappa shape index (κ3) is 5.96. The Hall–Kier alpha value is -3.11. The van der Waals surface area contributed by atoms with Crippen molar-refractivity contribution in [1.29, 1.82) is 0 Å². The third-order valence-electron chi connectivity index (χ3n) is 5.01. The average Bonchev–Trinajstić information content (AvgIpc) is 3.14. The van der Waals surface area contributed by atoms with E-state index in [1.54, 1.807) is 12.1 Å². The molecule has 2 amide bonds. The van der Waals surface area contributed by atoms with Gasteiger partial charge < -0.3 is 20.1 Å². The molecule has 0 bridgehead atoms. The number of carboxylic acid groups (broad SMARTS) is 1. The zero-order valence-corrected chi connectivity index (χ0v) is 17.7. The van der Waals surface area contributed by atoms with Crippen molar-refractivity contribution in [3.63, 3.8) is 0 Å². The standard InChI is InChI=1S/C21H24N2O7S/c1-15-7-9-17(10-8-15)31(27,28)30-14-19-18(11-12-23(19)21(25)26)22-20(24)29-13-16-5-3-2-4-6-16/h2-10,18-19H,11-14H2,1H3,(H,22,24)(H,25,26). The number of alkyl carbamates (subject to hydrolysis) is 1. The van der Waals surface area contributed by atoms with E-state index in [1.165, 1.54) is 12.1 Å². The Morgan fingerprint density at radius 1 is 1.13 bits per heavy atom. The Bertz CT molecular complexity index is 1010. The fraction of sp³-hybridized carbons (Fsp3) is 0.333. The van der Waals surface area contributed by atoms with E-state index < -0.39 is 41.0 Å². The van der Waals surface area contributed by atoms with Crippen molar-refractivity contribution in [3.05, 3.63) is 65.7 Å². The number of likely N-dealkylation sites (tertiary alicyclic amines) is 1. The smallest absolute Gasteiger partial charge is 0.407 e. The lowest BCUT2D eigenvalue weighted by Gasteiger charge is -2.26. The van der Waals surface area contributed by atoms with Crippen LogP contribution < -0.4 is 5.32 Å². The van der Waals surface area contributed by atoms with Crippen molar-refractivity contribution in [1.82, 2.24) is 10.2 Å². The van der Waals surface area contributed by atoms with Gasteiger partial charge in [0.15, 0.2) is 0 Å². The number of carbonyl (C=O) groups excluding carboxylic acids is 1. The van der Waals surface area contributed by atoms with Crippen LogP contribution in [0.15, 0.2) is 59.5 Å². The first-order chi connectivity index (χ1) is 14.8. The van der Waals surface area contributed by atoms with E-state index in [2.05, 4.69) is 5.32 Å². The minimum Gasteiger partial charge on any atom is -0.465 e. The number of rotatable bonds is 7. The van der Waals surface area contributed by atoms with Gasteiger partial charge in [-0.2, -0.15) is 8.42 Å². The van der Waals surface area contributed by atoms with Crippen LogP contribution in [0.1, 0.15) is 17.5 Å². The maximum atomic E-state index is 12.5. The molecule has 1 heterocycles. The molecule has 9 nitrogen and oxygen atoms in total. The van der Waals surface area contributed by atoms with Gasteiger partial charge >= 0.3 is 12.2 Å². The van der Waals surface area contributed by atoms with Crippen LogP contribution in [0.3, 0.4) is 0 Å². The number of benzene rings is 2. The average molecular weight is 448 g/mol. The molecule has 0 aromatic heterocycles. The fourth-order valence-corrected chi connectivity index (χ4v) is 4.24. The van der Waals surface area contributed by atoms with Gasteiger partial charge in [-0.05, 0) is 31.0 Å². The fourth-order valence-electron chi connectivity index (χ4n) is 3.31. The Morgan fingerprint density at radius 2 is 1.81 bits per heavy atom. The first kappa shape index (κ1) is 22.6. The maximum absolute atomic E-state index is 12.5. The Balaban J connectivity index is 1.62. The number of nitrogens with one attached hydrogen (secondary N) is 1. The molecule has 2 aromatic rings. The number of aryl methyl sites for hydroxylation is 1. The monoisotopic (exact) mass is 448 g/mol. The second kappa shape index (κ2) is 9.80. The molecule has 2 N–H and O–H groups in total. The highest BCUT2D eigenvalue weighted by atomic mass is 32.2. The minimum atomic E-state index is -4.08. The molecular weight excluding hydrogens is 424 g/mol. The molecule has 1 saturated heterocycles. The molecular formula is C21H24N2O7S. The van der Waals surface area contributed by atoms with Gasteiger partial charge in [-0.15, -0.1) is 0 Å². The van der Waals surface area contributed by atoms with E-state index in [1.807, 2.05) is 37.3 Å². The van der Waals surface area contributed by atoms with Crippen LogP contribution in [-0.4, -0.2) is 55.8 Å². The highest BCUT2D eigenvalue weighted by Gasteiger charge is 2.39. The van der Waals surface area contributed by atoms with Crippen LogP contribution in [0.5, 0.6) is 0 Å². The number of amides is 2. The number of hydrogen-bond donors (Lipinski definition) is 2. The molecule has 31 heavy (non-hydrogen) atoms. The van der Waals surface area contributed by atoms with Crippen LogP contribution in [0, 0.1) is 6.92 Å². The molecule has 1 aliphatic heterocycles. The topological polar surface area (TPSA) is 122 Å². The van der Waals surface area contributed by atoms with Crippen molar-refractivity contribution in [2.24, 2.45) is 0 Å². The summed E-state index contributed by atoms with van der Waals surface area (Å²) in [6, 6.07) is 13.7. The van der Waals surface area contributed by atoms with Crippen LogP contribution in [0.2, 0.25) is 0 Å². The van der Waals surface area contributed by atoms with Gasteiger partial charge in [-0.1, -0.05) is 48.0 Å². The SMILES string of the molecule is Cc1ccc(S(=O)(=O)OCC2C(NC(=O)OCc3ccccc3)CCN2C(=O)O)cc1. The second-order valence-electron chi connectivity index (χ2n) is 7.20. The van der Waals surface area contributed by atoms with Crippen LogP contribution >= 0.6 is 0 Å². The number of hydrogen-bond acceptors (Lipinski definition) is 6. The van der Waals surface area contributed by atoms with Crippen molar-refractivity contribution < 1.29 is 32.0 Å². The summed E-state index contributed by atoms with van der Waals surface area (Å²) in [6.45, 7) is 1.60. The lowest BCUT2D eigenvalue weighted by atomic mass is 10.1. The summed E-state index contributed by atoms with van der Waals surface area (Å²) in [4.78, 5) is 24.8. The number of carbonyl (C=O) groups is 2. The van der Waals surface area contributed by atoms with Crippen molar-refractivity contribution in [2.75, 3.05) is 13.2 Å². The van der Waals surface area contributed by atoms with Gasteiger partial charge in [0.05, 0.1) is 23.6 Å². The number of nitrogens with zero attached hydrogens (tertiary/aromatic N) is 1. The molecule has 2 atom stereocenters. The van der Waals surface area contributed by atoms with Crippen molar-refractivity contribution in [2.45, 2.75) is 36.9 Å². The molecule has 0 spiro atoms. The van der Waals surface area contributed by atoms with Crippen LogP contribution in [0.4, 0.5) is 9.59 Å². The van der Waals surface area contributed by atoms with Gasteiger partial charge in [0.1, 0.15) is 6.61 Å². The van der Waals surface area contributed by atoms with Gasteiger partial charge in [-0.3, -0.25) is 4.18 Å². The molecule has 2 aromatic carbocycles. The van der Waals surface area contributed by atoms with Crippen LogP contribution in [0.25, 0.3) is 0 Å². The lowest BCUT2D eigenvalue weighted by Crippen LogP contribution is -2.49. The molecule has 3 rings (SSSR count). The molecule has 0 aliphatic carbocycles. The van der Waals surface area contributed by atoms with E-state index in [9.17, 15) is 23.1 Å². The van der Waals surface area contributed by atoms with Gasteiger partial charge in [0.2, 0.25) is 0 Å². The molecule has 2 unspecified atom stereocenters. The predicted octanol–water partition coefficient (Wildman–Crippen LogP) is 2.75. The summed E-state index contributed by atoms with van der Waals surface area (Å²) < 4.78 is 35.3. The van der Waals surface area contributed by atoms with Crippen molar-refractivity contribution in [3.8, 4) is 0 Å². The normalized spacial score (nSPS) is 18.5. The number of ether oxygens (including phenoxy) is 1. The van der Waals surface area contributed by atoms with Crippen LogP contribution in [-0.2, 0) is 25.6 Å². The maximum Gasteiger partial charge on any atom is 0.407 e. The zero-order valence-electron chi connectivity index (χ0n) is 16.9. The minimum absolute atomic E-state index is 0.0234. The third-order valence-corrected chi connectivity index (χ3v) is 6.31. The first-order valence-corrected chi connectivity index (χ1v) is 11.1. The summed E-state index contributed by atoms with van der Waals surface area (Å²) >= 11 is 0. The highest BCUT2D eigenvalue weighted by molar-refractivity contribution is 7.86. The quantitative estimate of drug-likeness (QED) is 0.625. The predicted molar refractivity (Wildman–Crippen MR) is 111 cm³/mol. The Morgan fingerprint density at radius 3 is 2.45 bits per heavy atom. The molecule has 166 valence electrons. The van der Waals surface area contributed by atoms with Gasteiger partial charge in [-0.25, -0.2) is 9.59 Å². The first-order valence-electron chi connectivity index (χ1n) is 9.69. The molecule has 10 heteroatoms. The van der Waals surface area contributed by atoms with E-state index >= 15 is 0 Å². The summed E-state index contributed by atoms with van der Waals surface area (Å²) in [7, 11) is -4.08. The molecule has 0 saturated carbocycles. The molecule has 0 radical (unpaired) electrons. The van der Waals surface area contributed by atoms with Gasteiger partial charge in [0, 0.05) is 6.54 Å². The van der Waals surface area contributed by atoms with E-state index in [-0.39, 0.29) is 18.0 Å². The summed E-state index contributed by atoms with van der Waals surface area (Å²) in [5.41, 5.74) is 1.70. The van der Waals surface area contributed by atoms with E-state index in [4.69, 9.17) is 8.92 Å². The molecule has 1 fully saturated rings. The summed E-state index contributed by atoms with van der Waals surface area (Å²) in [5, 5.41) is 12.1. The summed E-state index contributed by atoms with van der Waals surface area (Å²) in [6.07, 6.45) is -1.62. The van der Waals surface area contributed by atoms with Crippen molar-refractivity contribution >= 4 is 22.3 Å². The van der Waals surface area contributed by atoms with E-state index in [0.717, 1.165) is 16.0 Å². The lowest BCUT2D eigenvalue weighted by molar-refractivity contribution is 0.110. The van der Waals surface area contributed by atoms with Gasteiger partial charge in [0.25, 0.3) is 10.1 Å². The molecule has 1 aliphatic rings. The van der Waals surface area contributed by atoms with E-state index in [0.29, 0.717) is 6.42 Å².